The van der Waals surface area contributed by atoms with Crippen LogP contribution in [-0.4, -0.2) is 17.8 Å². The van der Waals surface area contributed by atoms with Gasteiger partial charge in [-0.05, 0) is 30.7 Å². The molecule has 0 aromatic heterocycles. The Morgan fingerprint density at radius 2 is 2.00 bits per heavy atom. The fourth-order valence-electron chi connectivity index (χ4n) is 1.34. The molecule has 2 nitrogen and oxygen atoms in total. The van der Waals surface area contributed by atoms with Gasteiger partial charge in [-0.3, -0.25) is 0 Å². The number of nitrogens with one attached hydrogen (secondary N) is 1. The van der Waals surface area contributed by atoms with Crippen LogP contribution in [0.2, 0.25) is 5.02 Å². The molecular weight excluding hydrogens is 198 g/mol. The van der Waals surface area contributed by atoms with E-state index in [-0.39, 0.29) is 12.6 Å². The molecule has 2 N–H and O–H groups in total. The Morgan fingerprint density at radius 3 is 2.50 bits per heavy atom. The van der Waals surface area contributed by atoms with Crippen molar-refractivity contribution in [2.45, 2.75) is 25.8 Å². The van der Waals surface area contributed by atoms with Crippen LogP contribution in [0.1, 0.15) is 19.8 Å². The van der Waals surface area contributed by atoms with Gasteiger partial charge in [0.15, 0.2) is 0 Å². The normalized spacial score (nSPS) is 12.5. The minimum atomic E-state index is 0.140. The van der Waals surface area contributed by atoms with Gasteiger partial charge < -0.3 is 10.4 Å². The summed E-state index contributed by atoms with van der Waals surface area (Å²) in [5.41, 5.74) is 1.00. The molecule has 3 heteroatoms. The Bertz CT molecular complexity index is 260. The first kappa shape index (κ1) is 11.3. The second kappa shape index (κ2) is 5.89. The van der Waals surface area contributed by atoms with Gasteiger partial charge in [0, 0.05) is 16.8 Å². The fourth-order valence-corrected chi connectivity index (χ4v) is 1.47. The SMILES string of the molecule is CCCC(CO)Nc1ccc(Cl)cc1. The van der Waals surface area contributed by atoms with Crippen LogP contribution in [0, 0.1) is 0 Å². The average molecular weight is 214 g/mol. The molecular formula is C11H16ClNO. The summed E-state index contributed by atoms with van der Waals surface area (Å²) in [6, 6.07) is 7.65. The monoisotopic (exact) mass is 213 g/mol. The lowest BCUT2D eigenvalue weighted by atomic mass is 10.1. The summed E-state index contributed by atoms with van der Waals surface area (Å²) in [6.07, 6.45) is 2.03. The fraction of sp³-hybridized carbons (Fsp3) is 0.455. The van der Waals surface area contributed by atoms with Crippen LogP contribution < -0.4 is 5.32 Å². The zero-order valence-corrected chi connectivity index (χ0v) is 9.09. The summed E-state index contributed by atoms with van der Waals surface area (Å²) in [5.74, 6) is 0. The minimum absolute atomic E-state index is 0.140. The first-order valence-corrected chi connectivity index (χ1v) is 5.27. The number of aliphatic hydroxyl groups excluding tert-OH is 1. The molecule has 1 rings (SSSR count). The predicted octanol–water partition coefficient (Wildman–Crippen LogP) is 2.91. The van der Waals surface area contributed by atoms with Gasteiger partial charge >= 0.3 is 0 Å². The van der Waals surface area contributed by atoms with Gasteiger partial charge in [-0.1, -0.05) is 24.9 Å². The van der Waals surface area contributed by atoms with Crippen molar-refractivity contribution >= 4 is 17.3 Å². The van der Waals surface area contributed by atoms with E-state index in [0.717, 1.165) is 23.6 Å². The van der Waals surface area contributed by atoms with Crippen molar-refractivity contribution in [1.82, 2.24) is 0 Å². The highest BCUT2D eigenvalue weighted by Gasteiger charge is 2.04. The summed E-state index contributed by atoms with van der Waals surface area (Å²) in [6.45, 7) is 2.27. The topological polar surface area (TPSA) is 32.3 Å². The Morgan fingerprint density at radius 1 is 1.36 bits per heavy atom. The highest BCUT2D eigenvalue weighted by atomic mass is 35.5. The highest BCUT2D eigenvalue weighted by molar-refractivity contribution is 6.30. The Hall–Kier alpha value is -0.730. The van der Waals surface area contributed by atoms with E-state index in [0.29, 0.717) is 0 Å². The third-order valence-corrected chi connectivity index (χ3v) is 2.32. The lowest BCUT2D eigenvalue weighted by Crippen LogP contribution is -2.23. The Balaban J connectivity index is 2.53. The van der Waals surface area contributed by atoms with Crippen molar-refractivity contribution in [3.05, 3.63) is 29.3 Å². The summed E-state index contributed by atoms with van der Waals surface area (Å²) in [4.78, 5) is 0. The lowest BCUT2D eigenvalue weighted by molar-refractivity contribution is 0.268. The third kappa shape index (κ3) is 3.56. The second-order valence-corrected chi connectivity index (χ2v) is 3.76. The smallest absolute Gasteiger partial charge is 0.0632 e. The molecule has 0 fully saturated rings. The second-order valence-electron chi connectivity index (χ2n) is 3.32. The van der Waals surface area contributed by atoms with Gasteiger partial charge in [-0.25, -0.2) is 0 Å². The zero-order valence-electron chi connectivity index (χ0n) is 8.33. The summed E-state index contributed by atoms with van der Waals surface area (Å²) >= 11 is 5.77. The van der Waals surface area contributed by atoms with Gasteiger partial charge in [0.25, 0.3) is 0 Å². The van der Waals surface area contributed by atoms with Gasteiger partial charge in [-0.15, -0.1) is 0 Å². The van der Waals surface area contributed by atoms with E-state index in [2.05, 4.69) is 12.2 Å². The number of rotatable bonds is 5. The molecule has 1 atom stereocenters. The predicted molar refractivity (Wildman–Crippen MR) is 60.9 cm³/mol. The van der Waals surface area contributed by atoms with Crippen LogP contribution >= 0.6 is 11.6 Å². The maximum atomic E-state index is 9.08. The van der Waals surface area contributed by atoms with Crippen molar-refractivity contribution in [3.63, 3.8) is 0 Å². The summed E-state index contributed by atoms with van der Waals surface area (Å²) < 4.78 is 0. The zero-order chi connectivity index (χ0) is 10.4. The van der Waals surface area contributed by atoms with Gasteiger partial charge in [0.1, 0.15) is 0 Å². The van der Waals surface area contributed by atoms with Gasteiger partial charge in [0.2, 0.25) is 0 Å². The van der Waals surface area contributed by atoms with Crippen LogP contribution in [-0.2, 0) is 0 Å². The quantitative estimate of drug-likeness (QED) is 0.789. The van der Waals surface area contributed by atoms with Crippen molar-refractivity contribution in [1.29, 1.82) is 0 Å². The van der Waals surface area contributed by atoms with E-state index in [1.165, 1.54) is 0 Å². The minimum Gasteiger partial charge on any atom is -0.394 e. The maximum absolute atomic E-state index is 9.08. The molecule has 0 spiro atoms. The molecule has 0 radical (unpaired) electrons. The van der Waals surface area contributed by atoms with Crippen molar-refractivity contribution < 1.29 is 5.11 Å². The number of hydrogen-bond donors (Lipinski definition) is 2. The van der Waals surface area contributed by atoms with E-state index in [4.69, 9.17) is 16.7 Å². The van der Waals surface area contributed by atoms with Crippen molar-refractivity contribution in [2.75, 3.05) is 11.9 Å². The standard InChI is InChI=1S/C11H16ClNO/c1-2-3-11(8-14)13-10-6-4-9(12)5-7-10/h4-7,11,13-14H,2-3,8H2,1H3. The van der Waals surface area contributed by atoms with E-state index >= 15 is 0 Å². The first-order chi connectivity index (χ1) is 6.76. The maximum Gasteiger partial charge on any atom is 0.0632 e. The highest BCUT2D eigenvalue weighted by Crippen LogP contribution is 2.15. The van der Waals surface area contributed by atoms with E-state index < -0.39 is 0 Å². The summed E-state index contributed by atoms with van der Waals surface area (Å²) in [5, 5.41) is 13.1. The lowest BCUT2D eigenvalue weighted by Gasteiger charge is -2.16. The number of hydrogen-bond acceptors (Lipinski definition) is 2. The van der Waals surface area contributed by atoms with Crippen LogP contribution in [0.5, 0.6) is 0 Å². The third-order valence-electron chi connectivity index (χ3n) is 2.07. The van der Waals surface area contributed by atoms with Crippen LogP contribution in [0.25, 0.3) is 0 Å². The molecule has 0 bridgehead atoms. The van der Waals surface area contributed by atoms with Crippen LogP contribution in [0.3, 0.4) is 0 Å². The van der Waals surface area contributed by atoms with E-state index in [1.807, 2.05) is 24.3 Å². The Kier molecular flexibility index (Phi) is 4.77. The van der Waals surface area contributed by atoms with E-state index in [9.17, 15) is 0 Å². The molecule has 0 aliphatic carbocycles. The molecule has 0 saturated carbocycles. The molecule has 0 saturated heterocycles. The molecule has 0 aliphatic rings. The Labute approximate surface area is 89.9 Å². The largest absolute Gasteiger partial charge is 0.394 e. The van der Waals surface area contributed by atoms with Crippen LogP contribution in [0.4, 0.5) is 5.69 Å². The molecule has 0 aliphatic heterocycles. The first-order valence-electron chi connectivity index (χ1n) is 4.89. The number of halogens is 1. The number of benzene rings is 1. The molecule has 1 aromatic rings. The molecule has 0 heterocycles. The summed E-state index contributed by atoms with van der Waals surface area (Å²) in [7, 11) is 0. The van der Waals surface area contributed by atoms with Gasteiger partial charge in [0.05, 0.1) is 6.61 Å². The molecule has 0 amide bonds. The average Bonchev–Trinajstić information content (AvgIpc) is 2.20. The van der Waals surface area contributed by atoms with Crippen molar-refractivity contribution in [3.8, 4) is 0 Å². The van der Waals surface area contributed by atoms with Crippen molar-refractivity contribution in [2.24, 2.45) is 0 Å². The molecule has 78 valence electrons. The van der Waals surface area contributed by atoms with Gasteiger partial charge in [-0.2, -0.15) is 0 Å². The molecule has 1 unspecified atom stereocenters. The number of aliphatic hydroxyl groups is 1. The number of anilines is 1. The molecule has 1 aromatic carbocycles. The van der Waals surface area contributed by atoms with E-state index in [1.54, 1.807) is 0 Å². The molecule has 14 heavy (non-hydrogen) atoms. The van der Waals surface area contributed by atoms with Crippen LogP contribution in [0.15, 0.2) is 24.3 Å².